The van der Waals surface area contributed by atoms with Gasteiger partial charge in [0.05, 0.1) is 11.3 Å². The van der Waals surface area contributed by atoms with E-state index in [-0.39, 0.29) is 23.7 Å². The first-order chi connectivity index (χ1) is 8.34. The molecule has 0 saturated carbocycles. The van der Waals surface area contributed by atoms with E-state index >= 15 is 0 Å². The predicted octanol–water partition coefficient (Wildman–Crippen LogP) is -0.715. The summed E-state index contributed by atoms with van der Waals surface area (Å²) in [5.74, 6) is -0.480. The lowest BCUT2D eigenvalue weighted by Gasteiger charge is -2.11. The third-order valence-electron chi connectivity index (χ3n) is 2.29. The third kappa shape index (κ3) is 3.67. The summed E-state index contributed by atoms with van der Waals surface area (Å²) in [6.07, 6.45) is 1.47. The monoisotopic (exact) mass is 272 g/mol. The molecule has 1 amide bonds. The Morgan fingerprint density at radius 1 is 1.50 bits per heavy atom. The minimum Gasteiger partial charge on any atom is -0.383 e. The molecule has 0 atom stereocenters. The number of nitrogens with zero attached hydrogens (tertiary/aromatic N) is 2. The summed E-state index contributed by atoms with van der Waals surface area (Å²) in [5.41, 5.74) is 5.76. The van der Waals surface area contributed by atoms with E-state index in [1.165, 1.54) is 26.4 Å². The molecule has 8 heteroatoms. The molecule has 1 aromatic heterocycles. The molecule has 3 N–H and O–H groups in total. The van der Waals surface area contributed by atoms with Gasteiger partial charge in [0.25, 0.3) is 5.91 Å². The molecule has 0 bridgehead atoms. The van der Waals surface area contributed by atoms with E-state index in [0.717, 1.165) is 4.31 Å². The molecule has 1 aromatic rings. The SMILES string of the molecule is CN(C)S(=O)(=O)CCNC(=O)c1cccnc1N. The number of aromatic nitrogens is 1. The summed E-state index contributed by atoms with van der Waals surface area (Å²) in [7, 11) is -0.433. The van der Waals surface area contributed by atoms with Gasteiger partial charge in [0, 0.05) is 26.8 Å². The molecule has 0 aromatic carbocycles. The Labute approximate surface area is 106 Å². The van der Waals surface area contributed by atoms with Crippen molar-refractivity contribution in [3.05, 3.63) is 23.9 Å². The fourth-order valence-corrected chi connectivity index (χ4v) is 1.91. The zero-order valence-corrected chi connectivity index (χ0v) is 11.1. The van der Waals surface area contributed by atoms with E-state index in [1.807, 2.05) is 0 Å². The maximum atomic E-state index is 11.7. The van der Waals surface area contributed by atoms with Crippen molar-refractivity contribution < 1.29 is 13.2 Å². The molecule has 18 heavy (non-hydrogen) atoms. The minimum absolute atomic E-state index is 0.0215. The fraction of sp³-hybridized carbons (Fsp3) is 0.400. The number of carbonyl (C=O) groups is 1. The van der Waals surface area contributed by atoms with Crippen molar-refractivity contribution in [1.82, 2.24) is 14.6 Å². The Morgan fingerprint density at radius 2 is 2.17 bits per heavy atom. The lowest BCUT2D eigenvalue weighted by molar-refractivity contribution is 0.0956. The molecule has 0 radical (unpaired) electrons. The maximum absolute atomic E-state index is 11.7. The molecule has 1 rings (SSSR count). The number of carbonyl (C=O) groups excluding carboxylic acids is 1. The number of rotatable bonds is 5. The van der Waals surface area contributed by atoms with Gasteiger partial charge in [-0.15, -0.1) is 0 Å². The van der Waals surface area contributed by atoms with Crippen LogP contribution in [0.3, 0.4) is 0 Å². The van der Waals surface area contributed by atoms with E-state index in [1.54, 1.807) is 6.07 Å². The normalized spacial score (nSPS) is 11.5. The van der Waals surface area contributed by atoms with Crippen molar-refractivity contribution in [3.63, 3.8) is 0 Å². The molecule has 0 aliphatic heterocycles. The Hall–Kier alpha value is -1.67. The van der Waals surface area contributed by atoms with Gasteiger partial charge in [-0.25, -0.2) is 17.7 Å². The number of nitrogens with two attached hydrogens (primary N) is 1. The second kappa shape index (κ2) is 5.78. The van der Waals surface area contributed by atoms with Gasteiger partial charge < -0.3 is 11.1 Å². The molecule has 0 unspecified atom stereocenters. The van der Waals surface area contributed by atoms with Gasteiger partial charge in [-0.2, -0.15) is 0 Å². The van der Waals surface area contributed by atoms with Crippen LogP contribution < -0.4 is 11.1 Å². The molecule has 1 heterocycles. The largest absolute Gasteiger partial charge is 0.383 e. The number of hydrogen-bond donors (Lipinski definition) is 2. The molecular formula is C10H16N4O3S. The van der Waals surface area contributed by atoms with Crippen LogP contribution in [0.15, 0.2) is 18.3 Å². The average molecular weight is 272 g/mol. The van der Waals surface area contributed by atoms with Gasteiger partial charge in [-0.1, -0.05) is 0 Å². The summed E-state index contributed by atoms with van der Waals surface area (Å²) in [6.45, 7) is 0.0215. The minimum atomic E-state index is -3.31. The molecular weight excluding hydrogens is 256 g/mol. The lowest BCUT2D eigenvalue weighted by atomic mass is 10.2. The first-order valence-electron chi connectivity index (χ1n) is 5.23. The van der Waals surface area contributed by atoms with E-state index in [2.05, 4.69) is 10.3 Å². The summed E-state index contributed by atoms with van der Waals surface area (Å²) in [6, 6.07) is 3.11. The number of amides is 1. The topological polar surface area (TPSA) is 105 Å². The molecule has 7 nitrogen and oxygen atoms in total. The summed E-state index contributed by atoms with van der Waals surface area (Å²) in [5, 5.41) is 2.49. The zero-order valence-electron chi connectivity index (χ0n) is 10.3. The Morgan fingerprint density at radius 3 is 2.72 bits per heavy atom. The third-order valence-corrected chi connectivity index (χ3v) is 4.12. The van der Waals surface area contributed by atoms with Crippen LogP contribution in [0.4, 0.5) is 5.82 Å². The Balaban J connectivity index is 2.56. The van der Waals surface area contributed by atoms with Crippen LogP contribution in [0.1, 0.15) is 10.4 Å². The Kier molecular flexibility index (Phi) is 4.62. The summed E-state index contributed by atoms with van der Waals surface area (Å²) in [4.78, 5) is 15.5. The van der Waals surface area contributed by atoms with Crippen LogP contribution in [-0.4, -0.2) is 50.0 Å². The van der Waals surface area contributed by atoms with Crippen molar-refractivity contribution in [2.75, 3.05) is 32.1 Å². The smallest absolute Gasteiger partial charge is 0.255 e. The van der Waals surface area contributed by atoms with Crippen molar-refractivity contribution in [2.45, 2.75) is 0 Å². The highest BCUT2D eigenvalue weighted by Crippen LogP contribution is 2.06. The van der Waals surface area contributed by atoms with Crippen LogP contribution in [0.2, 0.25) is 0 Å². The highest BCUT2D eigenvalue weighted by molar-refractivity contribution is 7.89. The van der Waals surface area contributed by atoms with Crippen LogP contribution in [0.25, 0.3) is 0 Å². The molecule has 0 spiro atoms. The summed E-state index contributed by atoms with van der Waals surface area (Å²) >= 11 is 0. The number of nitrogens with one attached hydrogen (secondary N) is 1. The Bertz CT molecular complexity index is 528. The number of nitrogen functional groups attached to an aromatic ring is 1. The zero-order chi connectivity index (χ0) is 13.8. The van der Waals surface area contributed by atoms with E-state index < -0.39 is 15.9 Å². The second-order valence-corrected chi connectivity index (χ2v) is 6.09. The van der Waals surface area contributed by atoms with Gasteiger partial charge in [0.15, 0.2) is 0 Å². The van der Waals surface area contributed by atoms with Crippen LogP contribution in [0.5, 0.6) is 0 Å². The first kappa shape index (κ1) is 14.4. The first-order valence-corrected chi connectivity index (χ1v) is 6.84. The molecule has 0 saturated heterocycles. The van der Waals surface area contributed by atoms with Crippen LogP contribution in [0, 0.1) is 0 Å². The quantitative estimate of drug-likeness (QED) is 0.736. The highest BCUT2D eigenvalue weighted by Gasteiger charge is 2.15. The second-order valence-electron chi connectivity index (χ2n) is 3.79. The summed E-state index contributed by atoms with van der Waals surface area (Å²) < 4.78 is 24.0. The van der Waals surface area contributed by atoms with E-state index in [9.17, 15) is 13.2 Å². The predicted molar refractivity (Wildman–Crippen MR) is 68.5 cm³/mol. The number of sulfonamides is 1. The average Bonchev–Trinajstić information content (AvgIpc) is 2.29. The lowest BCUT2D eigenvalue weighted by Crippen LogP contribution is -2.34. The number of pyridine rings is 1. The molecule has 0 fully saturated rings. The van der Waals surface area contributed by atoms with Gasteiger partial charge in [-0.05, 0) is 12.1 Å². The van der Waals surface area contributed by atoms with Crippen LogP contribution >= 0.6 is 0 Å². The van der Waals surface area contributed by atoms with Crippen molar-refractivity contribution in [2.24, 2.45) is 0 Å². The van der Waals surface area contributed by atoms with Crippen LogP contribution in [-0.2, 0) is 10.0 Å². The molecule has 100 valence electrons. The fourth-order valence-electron chi connectivity index (χ4n) is 1.18. The van der Waals surface area contributed by atoms with Crippen molar-refractivity contribution in [3.8, 4) is 0 Å². The molecule has 0 aliphatic carbocycles. The van der Waals surface area contributed by atoms with E-state index in [0.29, 0.717) is 0 Å². The van der Waals surface area contributed by atoms with Gasteiger partial charge in [-0.3, -0.25) is 4.79 Å². The number of anilines is 1. The van der Waals surface area contributed by atoms with Gasteiger partial charge in [0.2, 0.25) is 10.0 Å². The number of hydrogen-bond acceptors (Lipinski definition) is 5. The standard InChI is InChI=1S/C10H16N4O3S/c1-14(2)18(16,17)7-6-13-10(15)8-4-3-5-12-9(8)11/h3-5H,6-7H2,1-2H3,(H2,11,12)(H,13,15). The van der Waals surface area contributed by atoms with Gasteiger partial charge >= 0.3 is 0 Å². The van der Waals surface area contributed by atoms with E-state index in [4.69, 9.17) is 5.73 Å². The maximum Gasteiger partial charge on any atom is 0.255 e. The molecule has 0 aliphatic rings. The van der Waals surface area contributed by atoms with Crippen molar-refractivity contribution in [1.29, 1.82) is 0 Å². The van der Waals surface area contributed by atoms with Crippen molar-refractivity contribution >= 4 is 21.7 Å². The van der Waals surface area contributed by atoms with Gasteiger partial charge in [0.1, 0.15) is 5.82 Å². The highest BCUT2D eigenvalue weighted by atomic mass is 32.2.